The Morgan fingerprint density at radius 1 is 0.731 bits per heavy atom. The van der Waals surface area contributed by atoms with Crippen molar-refractivity contribution < 1.29 is 0 Å². The predicted octanol–water partition coefficient (Wildman–Crippen LogP) is 3.58. The average molecular weight is 387 g/mol. The zero-order valence-corrected chi connectivity index (χ0v) is 15.4. The Bertz CT molecular complexity index is 1020. The van der Waals surface area contributed by atoms with Gasteiger partial charge in [0.2, 0.25) is 10.9 Å². The van der Waals surface area contributed by atoms with Crippen molar-refractivity contribution >= 4 is 34.6 Å². The van der Waals surface area contributed by atoms with Gasteiger partial charge in [-0.3, -0.25) is 9.59 Å². The molecule has 1 saturated heterocycles. The summed E-state index contributed by atoms with van der Waals surface area (Å²) >= 11 is 12.0. The van der Waals surface area contributed by atoms with Crippen molar-refractivity contribution in [3.63, 3.8) is 0 Å². The van der Waals surface area contributed by atoms with Gasteiger partial charge in [0.05, 0.1) is 5.56 Å². The molecule has 26 heavy (non-hydrogen) atoms. The summed E-state index contributed by atoms with van der Waals surface area (Å²) in [6, 6.07) is 14.8. The highest BCUT2D eigenvalue weighted by molar-refractivity contribution is 6.31. The third-order valence-corrected chi connectivity index (χ3v) is 5.27. The first-order valence-corrected chi connectivity index (χ1v) is 9.15. The van der Waals surface area contributed by atoms with E-state index in [4.69, 9.17) is 23.2 Å². The van der Waals surface area contributed by atoms with Crippen molar-refractivity contribution in [2.45, 2.75) is 0 Å². The first-order chi connectivity index (χ1) is 12.5. The molecule has 0 radical (unpaired) electrons. The lowest BCUT2D eigenvalue weighted by molar-refractivity contribution is 0.651. The minimum Gasteiger partial charge on any atom is -0.368 e. The lowest BCUT2D eigenvalue weighted by Crippen LogP contribution is -2.51. The van der Waals surface area contributed by atoms with Crippen LogP contribution in [0.2, 0.25) is 10.0 Å². The molecule has 1 aliphatic heterocycles. The molecule has 0 N–H and O–H groups in total. The summed E-state index contributed by atoms with van der Waals surface area (Å²) in [5.41, 5.74) is 2.03. The fourth-order valence-corrected chi connectivity index (χ4v) is 3.74. The van der Waals surface area contributed by atoms with E-state index in [0.29, 0.717) is 34.4 Å². The van der Waals surface area contributed by atoms with Gasteiger partial charge < -0.3 is 9.80 Å². The molecule has 132 valence electrons. The van der Waals surface area contributed by atoms with E-state index in [1.807, 2.05) is 29.2 Å². The molecule has 0 spiro atoms. The summed E-state index contributed by atoms with van der Waals surface area (Å²) in [7, 11) is 0. The first-order valence-electron chi connectivity index (χ1n) is 8.39. The van der Waals surface area contributed by atoms with Crippen LogP contribution in [0.3, 0.4) is 0 Å². The van der Waals surface area contributed by atoms with Crippen LogP contribution in [-0.2, 0) is 0 Å². The average Bonchev–Trinajstić information content (AvgIpc) is 2.66. The van der Waals surface area contributed by atoms with Gasteiger partial charge in [0.1, 0.15) is 5.69 Å². The second-order valence-corrected chi connectivity index (χ2v) is 7.22. The van der Waals surface area contributed by atoms with E-state index in [0.717, 1.165) is 24.3 Å². The maximum absolute atomic E-state index is 12.2. The molecule has 0 amide bonds. The number of halogens is 2. The quantitative estimate of drug-likeness (QED) is 0.645. The molecular weight excluding hydrogens is 371 g/mol. The standard InChI is InChI=1S/C20H16Cl2N2O2/c21-14-6-4-13(5-7-14)17-18(20(26)19(17)25)24-10-8-23(9-11-24)16-3-1-2-15(22)12-16/h1-7,12H,8-11H2. The van der Waals surface area contributed by atoms with Crippen LogP contribution < -0.4 is 20.7 Å². The number of benzene rings is 2. The van der Waals surface area contributed by atoms with E-state index < -0.39 is 10.9 Å². The molecule has 6 heteroatoms. The number of piperazine rings is 1. The number of hydrogen-bond acceptors (Lipinski definition) is 4. The summed E-state index contributed by atoms with van der Waals surface area (Å²) in [6.45, 7) is 2.88. The van der Waals surface area contributed by atoms with Crippen molar-refractivity contribution in [2.24, 2.45) is 0 Å². The second-order valence-electron chi connectivity index (χ2n) is 6.34. The molecule has 0 saturated carbocycles. The molecular formula is C20H16Cl2N2O2. The van der Waals surface area contributed by atoms with Crippen LogP contribution in [0.4, 0.5) is 11.4 Å². The second kappa shape index (κ2) is 6.78. The molecule has 4 nitrogen and oxygen atoms in total. The highest BCUT2D eigenvalue weighted by atomic mass is 35.5. The van der Waals surface area contributed by atoms with E-state index in [-0.39, 0.29) is 0 Å². The van der Waals surface area contributed by atoms with E-state index in [2.05, 4.69) is 4.90 Å². The van der Waals surface area contributed by atoms with Gasteiger partial charge >= 0.3 is 0 Å². The summed E-state index contributed by atoms with van der Waals surface area (Å²) < 4.78 is 0. The van der Waals surface area contributed by atoms with Gasteiger partial charge in [0.15, 0.2) is 0 Å². The normalized spacial score (nSPS) is 14.8. The molecule has 3 aromatic carbocycles. The fraction of sp³-hybridized carbons (Fsp3) is 0.200. The Balaban J connectivity index is 1.55. The smallest absolute Gasteiger partial charge is 0.250 e. The largest absolute Gasteiger partial charge is 0.368 e. The monoisotopic (exact) mass is 386 g/mol. The first kappa shape index (κ1) is 17.1. The summed E-state index contributed by atoms with van der Waals surface area (Å²) in [5.74, 6) is 0. The van der Waals surface area contributed by atoms with Gasteiger partial charge in [-0.1, -0.05) is 41.4 Å². The Labute approximate surface area is 160 Å². The van der Waals surface area contributed by atoms with Crippen molar-refractivity contribution in [1.29, 1.82) is 0 Å². The Hall–Kier alpha value is -2.30. The van der Waals surface area contributed by atoms with Crippen LogP contribution >= 0.6 is 23.2 Å². The molecule has 0 aromatic heterocycles. The van der Waals surface area contributed by atoms with Crippen LogP contribution in [0, 0.1) is 0 Å². The lowest BCUT2D eigenvalue weighted by atomic mass is 9.97. The van der Waals surface area contributed by atoms with E-state index in [1.54, 1.807) is 24.3 Å². The fourth-order valence-electron chi connectivity index (χ4n) is 3.43. The molecule has 3 aromatic rings. The minimum atomic E-state index is -0.417. The van der Waals surface area contributed by atoms with Crippen LogP contribution in [0.5, 0.6) is 0 Å². The van der Waals surface area contributed by atoms with Gasteiger partial charge in [-0.25, -0.2) is 0 Å². The van der Waals surface area contributed by atoms with Gasteiger partial charge in [0, 0.05) is 41.9 Å². The van der Waals surface area contributed by atoms with E-state index in [9.17, 15) is 9.59 Å². The SMILES string of the molecule is O=c1c(-c2ccc(Cl)cc2)c(N2CCN(c3cccc(Cl)c3)CC2)c1=O. The van der Waals surface area contributed by atoms with Gasteiger partial charge in [-0.15, -0.1) is 0 Å². The Morgan fingerprint density at radius 3 is 2.04 bits per heavy atom. The van der Waals surface area contributed by atoms with Crippen molar-refractivity contribution in [2.75, 3.05) is 36.0 Å². The van der Waals surface area contributed by atoms with Crippen LogP contribution in [0.25, 0.3) is 11.1 Å². The molecule has 0 atom stereocenters. The molecule has 1 heterocycles. The minimum absolute atomic E-state index is 0.397. The highest BCUT2D eigenvalue weighted by Crippen LogP contribution is 2.29. The number of hydrogen-bond donors (Lipinski definition) is 0. The summed E-state index contributed by atoms with van der Waals surface area (Å²) in [4.78, 5) is 28.6. The highest BCUT2D eigenvalue weighted by Gasteiger charge is 2.29. The summed E-state index contributed by atoms with van der Waals surface area (Å²) in [6.07, 6.45) is 0. The number of rotatable bonds is 3. The molecule has 0 unspecified atom stereocenters. The Morgan fingerprint density at radius 2 is 1.38 bits per heavy atom. The van der Waals surface area contributed by atoms with Crippen molar-refractivity contribution in [1.82, 2.24) is 0 Å². The molecule has 1 aliphatic rings. The third kappa shape index (κ3) is 3.00. The van der Waals surface area contributed by atoms with Gasteiger partial charge in [-0.05, 0) is 35.9 Å². The molecule has 0 bridgehead atoms. The van der Waals surface area contributed by atoms with Crippen LogP contribution in [0.15, 0.2) is 58.1 Å². The molecule has 1 fully saturated rings. The third-order valence-electron chi connectivity index (χ3n) is 4.79. The Kier molecular flexibility index (Phi) is 4.47. The topological polar surface area (TPSA) is 40.6 Å². The number of anilines is 2. The van der Waals surface area contributed by atoms with E-state index >= 15 is 0 Å². The lowest BCUT2D eigenvalue weighted by Gasteiger charge is -2.38. The molecule has 0 aliphatic carbocycles. The van der Waals surface area contributed by atoms with Crippen LogP contribution in [-0.4, -0.2) is 26.2 Å². The van der Waals surface area contributed by atoms with E-state index in [1.165, 1.54) is 0 Å². The van der Waals surface area contributed by atoms with Crippen molar-refractivity contribution in [3.8, 4) is 11.1 Å². The van der Waals surface area contributed by atoms with Gasteiger partial charge in [0.25, 0.3) is 0 Å². The maximum Gasteiger partial charge on any atom is 0.250 e. The maximum atomic E-state index is 12.2. The van der Waals surface area contributed by atoms with Crippen molar-refractivity contribution in [3.05, 3.63) is 79.0 Å². The summed E-state index contributed by atoms with van der Waals surface area (Å²) in [5, 5.41) is 1.31. The van der Waals surface area contributed by atoms with Crippen LogP contribution in [0.1, 0.15) is 0 Å². The number of nitrogens with zero attached hydrogens (tertiary/aromatic N) is 2. The van der Waals surface area contributed by atoms with Gasteiger partial charge in [-0.2, -0.15) is 0 Å². The zero-order valence-electron chi connectivity index (χ0n) is 13.9. The molecule has 4 rings (SSSR count). The zero-order chi connectivity index (χ0) is 18.3. The predicted molar refractivity (Wildman–Crippen MR) is 108 cm³/mol.